The third-order valence-corrected chi connectivity index (χ3v) is 1.23. The molecule has 0 unspecified atom stereocenters. The van der Waals surface area contributed by atoms with Gasteiger partial charge in [-0.25, -0.2) is 0 Å². The van der Waals surface area contributed by atoms with Crippen molar-refractivity contribution >= 4 is 18.4 Å². The zero-order chi connectivity index (χ0) is 8.10. The first-order valence-corrected chi connectivity index (χ1v) is 3.05. The first-order chi connectivity index (χ1) is 5.36. The van der Waals surface area contributed by atoms with E-state index < -0.39 is 0 Å². The molecule has 0 spiro atoms. The van der Waals surface area contributed by atoms with Gasteiger partial charge >= 0.3 is 0 Å². The first-order valence-electron chi connectivity index (χ1n) is 3.05. The molecule has 1 amide bonds. The quantitative estimate of drug-likeness (QED) is 0.642. The van der Waals surface area contributed by atoms with Gasteiger partial charge in [0.1, 0.15) is 0 Å². The number of anilines is 1. The molecule has 0 aliphatic carbocycles. The second kappa shape index (κ2) is 3.51. The van der Waals surface area contributed by atoms with Crippen LogP contribution in [0.1, 0.15) is 5.56 Å². The fraction of sp³-hybridized carbons (Fsp3) is 0. The Balaban J connectivity index is 2.81. The standard InChI is InChI=1S/C8H6NO2/c10-5-7-1-3-8(4-2-7)9-6-11/h1-4,6H,(H,9,11). The van der Waals surface area contributed by atoms with Crippen LogP contribution in [0.5, 0.6) is 0 Å². The highest BCUT2D eigenvalue weighted by molar-refractivity contribution is 5.78. The molecule has 1 aromatic rings. The van der Waals surface area contributed by atoms with E-state index in [-0.39, 0.29) is 0 Å². The van der Waals surface area contributed by atoms with Crippen molar-refractivity contribution in [2.75, 3.05) is 5.32 Å². The van der Waals surface area contributed by atoms with Crippen LogP contribution < -0.4 is 5.32 Å². The third kappa shape index (κ3) is 1.89. The number of carbonyl (C=O) groups excluding carboxylic acids is 2. The van der Waals surface area contributed by atoms with Gasteiger partial charge < -0.3 is 5.32 Å². The molecule has 0 bridgehead atoms. The summed E-state index contributed by atoms with van der Waals surface area (Å²) in [5.74, 6) is 0. The molecule has 1 N–H and O–H groups in total. The summed E-state index contributed by atoms with van der Waals surface area (Å²) in [5.41, 5.74) is 1.14. The first kappa shape index (κ1) is 7.47. The maximum Gasteiger partial charge on any atom is 0.233 e. The molecule has 0 aliphatic rings. The molecule has 0 heterocycles. The Kier molecular flexibility index (Phi) is 2.38. The van der Waals surface area contributed by atoms with E-state index in [1.54, 1.807) is 30.6 Å². The monoisotopic (exact) mass is 148 g/mol. The molecule has 0 atom stereocenters. The molecule has 1 radical (unpaired) electrons. The molecule has 0 saturated carbocycles. The maximum atomic E-state index is 10.1. The summed E-state index contributed by atoms with van der Waals surface area (Å²) in [4.78, 5) is 20.0. The summed E-state index contributed by atoms with van der Waals surface area (Å²) in [6, 6.07) is 6.43. The van der Waals surface area contributed by atoms with Crippen LogP contribution in [0, 0.1) is 0 Å². The van der Waals surface area contributed by atoms with Crippen LogP contribution in [-0.2, 0) is 9.59 Å². The van der Waals surface area contributed by atoms with Gasteiger partial charge in [-0.15, -0.1) is 0 Å². The lowest BCUT2D eigenvalue weighted by atomic mass is 10.2. The molecule has 0 fully saturated rings. The van der Waals surface area contributed by atoms with Gasteiger partial charge in [0.15, 0.2) is 0 Å². The summed E-state index contributed by atoms with van der Waals surface area (Å²) in [6.07, 6.45) is 2.31. The van der Waals surface area contributed by atoms with Gasteiger partial charge in [-0.2, -0.15) is 0 Å². The van der Waals surface area contributed by atoms with Crippen LogP contribution in [0.3, 0.4) is 0 Å². The zero-order valence-corrected chi connectivity index (χ0v) is 5.70. The van der Waals surface area contributed by atoms with Gasteiger partial charge in [-0.3, -0.25) is 9.59 Å². The Labute approximate surface area is 64.0 Å². The van der Waals surface area contributed by atoms with E-state index in [4.69, 9.17) is 0 Å². The number of carbonyl (C=O) groups is 1. The highest BCUT2D eigenvalue weighted by atomic mass is 16.1. The lowest BCUT2D eigenvalue weighted by Crippen LogP contribution is -1.93. The molecule has 11 heavy (non-hydrogen) atoms. The SMILES string of the molecule is O=[C]c1ccc(NC=O)cc1. The van der Waals surface area contributed by atoms with Crippen molar-refractivity contribution in [1.82, 2.24) is 0 Å². The van der Waals surface area contributed by atoms with Crippen LogP contribution in [0.15, 0.2) is 24.3 Å². The highest BCUT2D eigenvalue weighted by Crippen LogP contribution is 2.06. The van der Waals surface area contributed by atoms with Crippen molar-refractivity contribution in [3.63, 3.8) is 0 Å². The topological polar surface area (TPSA) is 46.2 Å². The summed E-state index contributed by atoms with van der Waals surface area (Å²) in [7, 11) is 0. The van der Waals surface area contributed by atoms with Crippen LogP contribution in [-0.4, -0.2) is 12.7 Å². The zero-order valence-electron chi connectivity index (χ0n) is 5.70. The highest BCUT2D eigenvalue weighted by Gasteiger charge is 1.90. The number of nitrogens with one attached hydrogen (secondary N) is 1. The summed E-state index contributed by atoms with van der Waals surface area (Å²) < 4.78 is 0. The van der Waals surface area contributed by atoms with Crippen molar-refractivity contribution in [3.05, 3.63) is 29.8 Å². The maximum absolute atomic E-state index is 10.1. The van der Waals surface area contributed by atoms with Crippen LogP contribution in [0.4, 0.5) is 5.69 Å². The number of rotatable bonds is 3. The molecule has 1 aromatic carbocycles. The Bertz CT molecular complexity index is 253. The molecule has 1 rings (SSSR count). The Morgan fingerprint density at radius 3 is 2.36 bits per heavy atom. The van der Waals surface area contributed by atoms with Crippen LogP contribution >= 0.6 is 0 Å². The van der Waals surface area contributed by atoms with E-state index in [0.29, 0.717) is 17.7 Å². The van der Waals surface area contributed by atoms with Gasteiger partial charge in [0.05, 0.1) is 0 Å². The van der Waals surface area contributed by atoms with E-state index in [0.717, 1.165) is 0 Å². The van der Waals surface area contributed by atoms with E-state index in [1.165, 1.54) is 0 Å². The van der Waals surface area contributed by atoms with Gasteiger partial charge in [0.2, 0.25) is 12.7 Å². The fourth-order valence-corrected chi connectivity index (χ4v) is 0.703. The Morgan fingerprint density at radius 2 is 1.91 bits per heavy atom. The lowest BCUT2D eigenvalue weighted by Gasteiger charge is -1.95. The van der Waals surface area contributed by atoms with Crippen molar-refractivity contribution in [2.24, 2.45) is 0 Å². The van der Waals surface area contributed by atoms with Gasteiger partial charge in [-0.1, -0.05) is 0 Å². The summed E-state index contributed by atoms with van der Waals surface area (Å²) >= 11 is 0. The predicted octanol–water partition coefficient (Wildman–Crippen LogP) is 0.713. The van der Waals surface area contributed by atoms with E-state index in [9.17, 15) is 9.59 Å². The van der Waals surface area contributed by atoms with Gasteiger partial charge in [0, 0.05) is 11.3 Å². The normalized spacial score (nSPS) is 8.73. The number of hydrogen-bond acceptors (Lipinski definition) is 2. The molecule has 0 aliphatic heterocycles. The minimum absolute atomic E-state index is 0.474. The van der Waals surface area contributed by atoms with Gasteiger partial charge in [0.25, 0.3) is 0 Å². The number of amides is 1. The average molecular weight is 148 g/mol. The second-order valence-corrected chi connectivity index (χ2v) is 1.94. The molecule has 3 heteroatoms. The summed E-state index contributed by atoms with van der Waals surface area (Å²) in [6.45, 7) is 0. The molecular weight excluding hydrogens is 142 g/mol. The summed E-state index contributed by atoms with van der Waals surface area (Å²) in [5, 5.41) is 2.45. The van der Waals surface area contributed by atoms with Crippen molar-refractivity contribution < 1.29 is 9.59 Å². The third-order valence-electron chi connectivity index (χ3n) is 1.23. The molecular formula is C8H6NO2. The van der Waals surface area contributed by atoms with Crippen molar-refractivity contribution in [1.29, 1.82) is 0 Å². The van der Waals surface area contributed by atoms with E-state index >= 15 is 0 Å². The van der Waals surface area contributed by atoms with Crippen molar-refractivity contribution in [2.45, 2.75) is 0 Å². The predicted molar refractivity (Wildman–Crippen MR) is 40.9 cm³/mol. The minimum atomic E-state index is 0.474. The fourth-order valence-electron chi connectivity index (χ4n) is 0.703. The lowest BCUT2D eigenvalue weighted by molar-refractivity contribution is -0.105. The smallest absolute Gasteiger partial charge is 0.233 e. The van der Waals surface area contributed by atoms with Gasteiger partial charge in [-0.05, 0) is 24.3 Å². The van der Waals surface area contributed by atoms with E-state index in [2.05, 4.69) is 5.32 Å². The number of hydrogen-bond donors (Lipinski definition) is 1. The Hall–Kier alpha value is -1.64. The van der Waals surface area contributed by atoms with Crippen LogP contribution in [0.2, 0.25) is 0 Å². The minimum Gasteiger partial charge on any atom is -0.329 e. The molecule has 55 valence electrons. The van der Waals surface area contributed by atoms with E-state index in [1.807, 2.05) is 0 Å². The van der Waals surface area contributed by atoms with Crippen molar-refractivity contribution in [3.8, 4) is 0 Å². The largest absolute Gasteiger partial charge is 0.329 e. The molecule has 0 aromatic heterocycles. The average Bonchev–Trinajstić information content (AvgIpc) is 2.07. The second-order valence-electron chi connectivity index (χ2n) is 1.94. The van der Waals surface area contributed by atoms with Crippen LogP contribution in [0.25, 0.3) is 0 Å². The Morgan fingerprint density at radius 1 is 1.27 bits per heavy atom. The molecule has 3 nitrogen and oxygen atoms in total. The number of benzene rings is 1. The molecule has 0 saturated heterocycles.